The lowest BCUT2D eigenvalue weighted by atomic mass is 10.3. The summed E-state index contributed by atoms with van der Waals surface area (Å²) in [5.41, 5.74) is 6.89. The van der Waals surface area contributed by atoms with Crippen LogP contribution in [0.3, 0.4) is 0 Å². The molecule has 0 unspecified atom stereocenters. The summed E-state index contributed by atoms with van der Waals surface area (Å²) in [5.74, 6) is 0.506. The molecule has 0 saturated heterocycles. The summed E-state index contributed by atoms with van der Waals surface area (Å²) in [6.07, 6.45) is 3.09. The zero-order chi connectivity index (χ0) is 10.7. The third kappa shape index (κ3) is 2.57. The molecule has 2 aromatic rings. The van der Waals surface area contributed by atoms with Gasteiger partial charge in [0.15, 0.2) is 0 Å². The Bertz CT molecular complexity index is 394. The number of nitrogens with two attached hydrogens (primary N) is 1. The number of hydrogen-bond donors (Lipinski definition) is 2. The molecule has 4 nitrogen and oxygen atoms in total. The van der Waals surface area contributed by atoms with E-state index in [4.69, 9.17) is 17.3 Å². The Kier molecular flexibility index (Phi) is 2.69. The van der Waals surface area contributed by atoms with Crippen molar-refractivity contribution in [3.05, 3.63) is 41.7 Å². The van der Waals surface area contributed by atoms with Gasteiger partial charge in [0.05, 0.1) is 18.1 Å². The van der Waals surface area contributed by atoms with E-state index in [1.807, 2.05) is 12.1 Å². The van der Waals surface area contributed by atoms with Crippen LogP contribution in [-0.4, -0.2) is 9.97 Å². The van der Waals surface area contributed by atoms with Crippen molar-refractivity contribution in [1.82, 2.24) is 9.97 Å². The molecule has 1 aromatic heterocycles. The first-order chi connectivity index (χ1) is 7.24. The van der Waals surface area contributed by atoms with Crippen molar-refractivity contribution >= 4 is 28.9 Å². The average molecular weight is 221 g/mol. The van der Waals surface area contributed by atoms with Gasteiger partial charge in [0, 0.05) is 10.7 Å². The molecule has 0 spiro atoms. The van der Waals surface area contributed by atoms with Gasteiger partial charge in [0.25, 0.3) is 0 Å². The second kappa shape index (κ2) is 4.14. The minimum Gasteiger partial charge on any atom is -0.396 e. The minimum absolute atomic E-state index is 0.506. The molecule has 0 aliphatic rings. The Balaban J connectivity index is 2.15. The summed E-state index contributed by atoms with van der Waals surface area (Å²) >= 11 is 5.76. The van der Waals surface area contributed by atoms with E-state index >= 15 is 0 Å². The molecule has 0 fully saturated rings. The van der Waals surface area contributed by atoms with Crippen molar-refractivity contribution < 1.29 is 0 Å². The highest BCUT2D eigenvalue weighted by molar-refractivity contribution is 6.30. The van der Waals surface area contributed by atoms with E-state index in [9.17, 15) is 0 Å². The van der Waals surface area contributed by atoms with Crippen molar-refractivity contribution in [1.29, 1.82) is 0 Å². The average Bonchev–Trinajstić information content (AvgIpc) is 2.25. The number of anilines is 3. The number of halogens is 1. The Morgan fingerprint density at radius 3 is 2.27 bits per heavy atom. The van der Waals surface area contributed by atoms with Gasteiger partial charge < -0.3 is 11.1 Å². The Morgan fingerprint density at radius 2 is 1.67 bits per heavy atom. The maximum absolute atomic E-state index is 5.76. The van der Waals surface area contributed by atoms with Crippen LogP contribution in [0.2, 0.25) is 5.02 Å². The molecule has 3 N–H and O–H groups in total. The molecule has 1 aromatic carbocycles. The van der Waals surface area contributed by atoms with Crippen molar-refractivity contribution in [2.45, 2.75) is 0 Å². The molecule has 15 heavy (non-hydrogen) atoms. The van der Waals surface area contributed by atoms with Crippen LogP contribution in [0.25, 0.3) is 0 Å². The summed E-state index contributed by atoms with van der Waals surface area (Å²) in [5, 5.41) is 3.72. The van der Waals surface area contributed by atoms with Crippen molar-refractivity contribution in [2.24, 2.45) is 0 Å². The first-order valence-corrected chi connectivity index (χ1v) is 4.72. The van der Waals surface area contributed by atoms with E-state index < -0.39 is 0 Å². The summed E-state index contributed by atoms with van der Waals surface area (Å²) in [4.78, 5) is 8.03. The van der Waals surface area contributed by atoms with Crippen LogP contribution in [0.5, 0.6) is 0 Å². The number of benzene rings is 1. The Labute approximate surface area is 92.1 Å². The van der Waals surface area contributed by atoms with E-state index in [-0.39, 0.29) is 0 Å². The number of nitrogen functional groups attached to an aromatic ring is 1. The molecular weight excluding hydrogens is 212 g/mol. The summed E-state index contributed by atoms with van der Waals surface area (Å²) in [6.45, 7) is 0. The van der Waals surface area contributed by atoms with Crippen LogP contribution in [-0.2, 0) is 0 Å². The van der Waals surface area contributed by atoms with Gasteiger partial charge in [-0.1, -0.05) is 11.6 Å². The standard InChI is InChI=1S/C10H9ClN4/c11-7-1-3-9(4-2-7)15-10-13-5-8(12)6-14-10/h1-6H,12H2,(H,13,14,15). The lowest BCUT2D eigenvalue weighted by Gasteiger charge is -2.03. The number of rotatable bonds is 2. The fourth-order valence-corrected chi connectivity index (χ4v) is 1.19. The SMILES string of the molecule is Nc1cnc(Nc2ccc(Cl)cc2)nc1. The van der Waals surface area contributed by atoms with Crippen LogP contribution in [0.15, 0.2) is 36.7 Å². The highest BCUT2D eigenvalue weighted by Gasteiger charge is 1.96. The topological polar surface area (TPSA) is 63.8 Å². The van der Waals surface area contributed by atoms with Gasteiger partial charge in [-0.3, -0.25) is 0 Å². The van der Waals surface area contributed by atoms with Gasteiger partial charge in [-0.25, -0.2) is 9.97 Å². The van der Waals surface area contributed by atoms with E-state index in [1.54, 1.807) is 24.5 Å². The molecule has 0 amide bonds. The normalized spacial score (nSPS) is 9.93. The van der Waals surface area contributed by atoms with E-state index in [2.05, 4.69) is 15.3 Å². The van der Waals surface area contributed by atoms with Crippen LogP contribution < -0.4 is 11.1 Å². The van der Waals surface area contributed by atoms with Crippen LogP contribution >= 0.6 is 11.6 Å². The smallest absolute Gasteiger partial charge is 0.227 e. The van der Waals surface area contributed by atoms with Crippen LogP contribution in [0, 0.1) is 0 Å². The molecule has 0 bridgehead atoms. The first-order valence-electron chi connectivity index (χ1n) is 4.34. The molecule has 5 heteroatoms. The number of aromatic nitrogens is 2. The minimum atomic E-state index is 0.506. The quantitative estimate of drug-likeness (QED) is 0.816. The van der Waals surface area contributed by atoms with E-state index in [0.29, 0.717) is 16.7 Å². The highest BCUT2D eigenvalue weighted by Crippen LogP contribution is 2.16. The Hall–Kier alpha value is -1.81. The summed E-state index contributed by atoms with van der Waals surface area (Å²) < 4.78 is 0. The third-order valence-electron chi connectivity index (χ3n) is 1.77. The fourth-order valence-electron chi connectivity index (χ4n) is 1.06. The van der Waals surface area contributed by atoms with Gasteiger partial charge in [-0.15, -0.1) is 0 Å². The molecule has 0 aliphatic heterocycles. The Morgan fingerprint density at radius 1 is 1.07 bits per heavy atom. The van der Waals surface area contributed by atoms with Crippen molar-refractivity contribution in [3.63, 3.8) is 0 Å². The number of hydrogen-bond acceptors (Lipinski definition) is 4. The molecule has 1 heterocycles. The van der Waals surface area contributed by atoms with Gasteiger partial charge in [0.2, 0.25) is 5.95 Å². The predicted molar refractivity (Wildman–Crippen MR) is 61.2 cm³/mol. The molecule has 0 atom stereocenters. The van der Waals surface area contributed by atoms with Gasteiger partial charge in [-0.05, 0) is 24.3 Å². The maximum atomic E-state index is 5.76. The zero-order valence-electron chi connectivity index (χ0n) is 7.81. The van der Waals surface area contributed by atoms with Crippen molar-refractivity contribution in [3.8, 4) is 0 Å². The molecule has 0 saturated carbocycles. The van der Waals surface area contributed by atoms with Crippen LogP contribution in [0.1, 0.15) is 0 Å². The van der Waals surface area contributed by atoms with Crippen LogP contribution in [0.4, 0.5) is 17.3 Å². The van der Waals surface area contributed by atoms with E-state index in [0.717, 1.165) is 5.69 Å². The molecule has 0 aliphatic carbocycles. The maximum Gasteiger partial charge on any atom is 0.227 e. The molecule has 2 rings (SSSR count). The monoisotopic (exact) mass is 220 g/mol. The zero-order valence-corrected chi connectivity index (χ0v) is 8.57. The molecule has 0 radical (unpaired) electrons. The second-order valence-electron chi connectivity index (χ2n) is 2.97. The lowest BCUT2D eigenvalue weighted by molar-refractivity contribution is 1.17. The first kappa shape index (κ1) is 9.73. The number of nitrogens with zero attached hydrogens (tertiary/aromatic N) is 2. The lowest BCUT2D eigenvalue weighted by Crippen LogP contribution is -1.97. The van der Waals surface area contributed by atoms with Gasteiger partial charge >= 0.3 is 0 Å². The van der Waals surface area contributed by atoms with Gasteiger partial charge in [-0.2, -0.15) is 0 Å². The molecular formula is C10H9ClN4. The fraction of sp³-hybridized carbons (Fsp3) is 0. The van der Waals surface area contributed by atoms with Gasteiger partial charge in [0.1, 0.15) is 0 Å². The van der Waals surface area contributed by atoms with Crippen molar-refractivity contribution in [2.75, 3.05) is 11.1 Å². The predicted octanol–water partition coefficient (Wildman–Crippen LogP) is 2.46. The second-order valence-corrected chi connectivity index (χ2v) is 3.41. The largest absolute Gasteiger partial charge is 0.396 e. The highest BCUT2D eigenvalue weighted by atomic mass is 35.5. The number of nitrogens with one attached hydrogen (secondary N) is 1. The summed E-state index contributed by atoms with van der Waals surface area (Å²) in [6, 6.07) is 7.28. The van der Waals surface area contributed by atoms with E-state index in [1.165, 1.54) is 0 Å². The third-order valence-corrected chi connectivity index (χ3v) is 2.02. The summed E-state index contributed by atoms with van der Waals surface area (Å²) in [7, 11) is 0. The molecule has 76 valence electrons.